The van der Waals surface area contributed by atoms with Crippen LogP contribution in [0, 0.1) is 11.3 Å². The van der Waals surface area contributed by atoms with E-state index < -0.39 is 0 Å². The van der Waals surface area contributed by atoms with Crippen molar-refractivity contribution in [2.24, 2.45) is 0 Å². The van der Waals surface area contributed by atoms with E-state index >= 15 is 0 Å². The molecule has 0 unspecified atom stereocenters. The molecule has 0 fully saturated rings. The average Bonchev–Trinajstić information content (AvgIpc) is 2.15. The Morgan fingerprint density at radius 3 is 2.92 bits per heavy atom. The second kappa shape index (κ2) is 4.42. The van der Waals surface area contributed by atoms with Crippen molar-refractivity contribution in [3.63, 3.8) is 0 Å². The molecule has 0 aliphatic rings. The molecule has 66 valence electrons. The zero-order valence-corrected chi connectivity index (χ0v) is 7.58. The number of Topliss-reactive ketones (excluding diaryl/α,β-unsaturated/α-hetero) is 1. The SMILES string of the molecule is CC(=O)c1cccc(CCC#N)c1. The highest BCUT2D eigenvalue weighted by Crippen LogP contribution is 2.07. The van der Waals surface area contributed by atoms with Gasteiger partial charge in [0.1, 0.15) is 0 Å². The fraction of sp³-hybridized carbons (Fsp3) is 0.273. The number of nitriles is 1. The molecule has 1 rings (SSSR count). The molecule has 0 heterocycles. The number of hydrogen-bond donors (Lipinski definition) is 0. The molecule has 1 aromatic carbocycles. The molecule has 0 aromatic heterocycles. The van der Waals surface area contributed by atoms with Gasteiger partial charge in [0.05, 0.1) is 6.07 Å². The zero-order valence-electron chi connectivity index (χ0n) is 7.58. The van der Waals surface area contributed by atoms with Crippen molar-refractivity contribution in [1.82, 2.24) is 0 Å². The highest BCUT2D eigenvalue weighted by Gasteiger charge is 1.99. The molecule has 2 heteroatoms. The van der Waals surface area contributed by atoms with E-state index in [4.69, 9.17) is 5.26 Å². The smallest absolute Gasteiger partial charge is 0.159 e. The molecular formula is C11H11NO. The van der Waals surface area contributed by atoms with Crippen LogP contribution in [0.5, 0.6) is 0 Å². The van der Waals surface area contributed by atoms with E-state index in [-0.39, 0.29) is 5.78 Å². The number of ketones is 1. The van der Waals surface area contributed by atoms with Gasteiger partial charge < -0.3 is 0 Å². The van der Waals surface area contributed by atoms with Crippen LogP contribution < -0.4 is 0 Å². The Morgan fingerprint density at radius 2 is 2.31 bits per heavy atom. The van der Waals surface area contributed by atoms with E-state index in [2.05, 4.69) is 6.07 Å². The van der Waals surface area contributed by atoms with Crippen LogP contribution in [-0.2, 0) is 6.42 Å². The van der Waals surface area contributed by atoms with Gasteiger partial charge in [-0.05, 0) is 25.0 Å². The Kier molecular flexibility index (Phi) is 3.22. The lowest BCUT2D eigenvalue weighted by molar-refractivity contribution is 0.101. The summed E-state index contributed by atoms with van der Waals surface area (Å²) in [5.74, 6) is 0.0683. The maximum Gasteiger partial charge on any atom is 0.159 e. The van der Waals surface area contributed by atoms with Gasteiger partial charge >= 0.3 is 0 Å². The van der Waals surface area contributed by atoms with Crippen molar-refractivity contribution in [2.75, 3.05) is 0 Å². The molecule has 0 aliphatic heterocycles. The summed E-state index contributed by atoms with van der Waals surface area (Å²) in [5.41, 5.74) is 1.77. The Balaban J connectivity index is 2.80. The van der Waals surface area contributed by atoms with E-state index in [1.165, 1.54) is 0 Å². The van der Waals surface area contributed by atoms with Crippen LogP contribution >= 0.6 is 0 Å². The second-order valence-corrected chi connectivity index (χ2v) is 2.91. The van der Waals surface area contributed by atoms with Gasteiger partial charge in [0, 0.05) is 12.0 Å². The largest absolute Gasteiger partial charge is 0.295 e. The second-order valence-electron chi connectivity index (χ2n) is 2.91. The van der Waals surface area contributed by atoms with E-state index in [9.17, 15) is 4.79 Å². The van der Waals surface area contributed by atoms with E-state index in [1.54, 1.807) is 13.0 Å². The summed E-state index contributed by atoms with van der Waals surface area (Å²) >= 11 is 0. The molecule has 0 spiro atoms. The predicted octanol–water partition coefficient (Wildman–Crippen LogP) is 2.35. The Labute approximate surface area is 77.8 Å². The number of hydrogen-bond acceptors (Lipinski definition) is 2. The molecule has 0 saturated carbocycles. The number of nitrogens with zero attached hydrogens (tertiary/aromatic N) is 1. The van der Waals surface area contributed by atoms with Crippen LogP contribution in [0.15, 0.2) is 24.3 Å². The minimum atomic E-state index is 0.0683. The molecule has 0 bridgehead atoms. The van der Waals surface area contributed by atoms with Crippen molar-refractivity contribution >= 4 is 5.78 Å². The Bertz CT molecular complexity index is 349. The van der Waals surface area contributed by atoms with Crippen LogP contribution in [0.3, 0.4) is 0 Å². The lowest BCUT2D eigenvalue weighted by Crippen LogP contribution is -1.93. The average molecular weight is 173 g/mol. The fourth-order valence-corrected chi connectivity index (χ4v) is 1.15. The first kappa shape index (κ1) is 9.47. The molecule has 0 aliphatic carbocycles. The third-order valence-corrected chi connectivity index (χ3v) is 1.86. The highest BCUT2D eigenvalue weighted by atomic mass is 16.1. The van der Waals surface area contributed by atoms with Gasteiger partial charge in [-0.2, -0.15) is 5.26 Å². The first-order chi connectivity index (χ1) is 6.24. The van der Waals surface area contributed by atoms with E-state index in [0.29, 0.717) is 6.42 Å². The van der Waals surface area contributed by atoms with Crippen LogP contribution in [0.1, 0.15) is 29.3 Å². The van der Waals surface area contributed by atoms with Crippen LogP contribution in [0.4, 0.5) is 0 Å². The molecule has 0 N–H and O–H groups in total. The molecule has 0 amide bonds. The topological polar surface area (TPSA) is 40.9 Å². The Morgan fingerprint density at radius 1 is 1.54 bits per heavy atom. The van der Waals surface area contributed by atoms with Gasteiger partial charge in [-0.1, -0.05) is 18.2 Å². The molecule has 2 nitrogen and oxygen atoms in total. The van der Waals surface area contributed by atoms with Crippen molar-refractivity contribution in [3.8, 4) is 6.07 Å². The molecular weight excluding hydrogens is 162 g/mol. The number of rotatable bonds is 3. The highest BCUT2D eigenvalue weighted by molar-refractivity contribution is 5.94. The molecule has 13 heavy (non-hydrogen) atoms. The van der Waals surface area contributed by atoms with E-state index in [0.717, 1.165) is 17.5 Å². The Hall–Kier alpha value is -1.62. The number of carbonyl (C=O) groups excluding carboxylic acids is 1. The van der Waals surface area contributed by atoms with Crippen molar-refractivity contribution in [3.05, 3.63) is 35.4 Å². The minimum Gasteiger partial charge on any atom is -0.295 e. The van der Waals surface area contributed by atoms with Crippen LogP contribution in [-0.4, -0.2) is 5.78 Å². The van der Waals surface area contributed by atoms with Crippen LogP contribution in [0.25, 0.3) is 0 Å². The molecule has 0 radical (unpaired) electrons. The quantitative estimate of drug-likeness (QED) is 0.658. The molecule has 0 saturated heterocycles. The summed E-state index contributed by atoms with van der Waals surface area (Å²) in [6.45, 7) is 1.55. The number of benzene rings is 1. The maximum absolute atomic E-state index is 11.0. The van der Waals surface area contributed by atoms with Gasteiger partial charge in [0.2, 0.25) is 0 Å². The van der Waals surface area contributed by atoms with Gasteiger partial charge in [0.15, 0.2) is 5.78 Å². The van der Waals surface area contributed by atoms with Crippen molar-refractivity contribution in [1.29, 1.82) is 5.26 Å². The first-order valence-electron chi connectivity index (χ1n) is 4.21. The van der Waals surface area contributed by atoms with Gasteiger partial charge in [-0.25, -0.2) is 0 Å². The minimum absolute atomic E-state index is 0.0683. The predicted molar refractivity (Wildman–Crippen MR) is 50.4 cm³/mol. The number of carbonyl (C=O) groups is 1. The third-order valence-electron chi connectivity index (χ3n) is 1.86. The fourth-order valence-electron chi connectivity index (χ4n) is 1.15. The standard InChI is InChI=1S/C11H11NO/c1-9(13)11-6-2-4-10(8-11)5-3-7-12/h2,4,6,8H,3,5H2,1H3. The summed E-state index contributed by atoms with van der Waals surface area (Å²) in [5, 5.41) is 8.39. The zero-order chi connectivity index (χ0) is 9.68. The molecule has 1 aromatic rings. The summed E-state index contributed by atoms with van der Waals surface area (Å²) < 4.78 is 0. The van der Waals surface area contributed by atoms with Gasteiger partial charge in [0.25, 0.3) is 0 Å². The molecule has 0 atom stereocenters. The normalized spacial score (nSPS) is 9.23. The third kappa shape index (κ3) is 2.72. The summed E-state index contributed by atoms with van der Waals surface area (Å²) in [6, 6.07) is 9.50. The maximum atomic E-state index is 11.0. The van der Waals surface area contributed by atoms with Crippen molar-refractivity contribution < 1.29 is 4.79 Å². The summed E-state index contributed by atoms with van der Waals surface area (Å²) in [7, 11) is 0. The number of aryl methyl sites for hydroxylation is 1. The van der Waals surface area contributed by atoms with Crippen molar-refractivity contribution in [2.45, 2.75) is 19.8 Å². The van der Waals surface area contributed by atoms with E-state index in [1.807, 2.05) is 18.2 Å². The van der Waals surface area contributed by atoms with Gasteiger partial charge in [-0.3, -0.25) is 4.79 Å². The van der Waals surface area contributed by atoms with Gasteiger partial charge in [-0.15, -0.1) is 0 Å². The first-order valence-corrected chi connectivity index (χ1v) is 4.21. The van der Waals surface area contributed by atoms with Crippen LogP contribution in [0.2, 0.25) is 0 Å². The summed E-state index contributed by atoms with van der Waals surface area (Å²) in [6.07, 6.45) is 1.22. The summed E-state index contributed by atoms with van der Waals surface area (Å²) in [4.78, 5) is 11.0. The monoisotopic (exact) mass is 173 g/mol. The lowest BCUT2D eigenvalue weighted by Gasteiger charge is -1.99. The lowest BCUT2D eigenvalue weighted by atomic mass is 10.1.